The van der Waals surface area contributed by atoms with Crippen LogP contribution in [0, 0.1) is 10.1 Å². The van der Waals surface area contributed by atoms with Gasteiger partial charge in [0.25, 0.3) is 11.6 Å². The number of hydrogen-bond donors (Lipinski definition) is 1. The number of carbonyl (C=O) groups excluding carboxylic acids is 1. The van der Waals surface area contributed by atoms with Crippen molar-refractivity contribution in [1.82, 2.24) is 4.90 Å². The predicted octanol–water partition coefficient (Wildman–Crippen LogP) is 2.18. The van der Waals surface area contributed by atoms with Crippen LogP contribution < -0.4 is 0 Å². The molecule has 8 heteroatoms. The molecule has 0 fully saturated rings. The van der Waals surface area contributed by atoms with Gasteiger partial charge in [0.1, 0.15) is 10.6 Å². The molecular weight excluding hydrogens is 288 g/mol. The average molecular weight is 301 g/mol. The molecule has 0 heterocycles. The van der Waals surface area contributed by atoms with E-state index in [0.29, 0.717) is 0 Å². The fraction of sp³-hybridized carbons (Fsp3) is 0.333. The lowest BCUT2D eigenvalue weighted by Crippen LogP contribution is -2.50. The van der Waals surface area contributed by atoms with Crippen LogP contribution in [0.5, 0.6) is 0 Å². The molecule has 7 nitrogen and oxygen atoms in total. The number of nitro benzene ring substituents is 1. The van der Waals surface area contributed by atoms with E-state index >= 15 is 0 Å². The molecule has 1 rings (SSSR count). The van der Waals surface area contributed by atoms with Crippen molar-refractivity contribution in [3.8, 4) is 0 Å². The third-order valence-electron chi connectivity index (χ3n) is 3.07. The Morgan fingerprint density at radius 1 is 1.40 bits per heavy atom. The number of carboxylic acids is 1. The first-order valence-corrected chi connectivity index (χ1v) is 5.93. The minimum atomic E-state index is -1.47. The molecule has 1 N–H and O–H groups in total. The lowest BCUT2D eigenvalue weighted by atomic mass is 10.0. The van der Waals surface area contributed by atoms with Gasteiger partial charge >= 0.3 is 5.97 Å². The second-order valence-corrected chi connectivity index (χ2v) is 5.00. The number of likely N-dealkylation sites (N-methyl/N-ethyl adjacent to an activating group) is 1. The van der Waals surface area contributed by atoms with Crippen LogP contribution >= 0.6 is 11.6 Å². The molecule has 0 atom stereocenters. The fourth-order valence-electron chi connectivity index (χ4n) is 1.40. The largest absolute Gasteiger partial charge is 0.480 e. The third-order valence-corrected chi connectivity index (χ3v) is 3.47. The standard InChI is InChI=1S/C12H13ClN2O5/c1-12(2,11(17)18)14(3)10(16)7-5-4-6-8(9(7)13)15(19)20/h4-6H,1-3H3,(H,17,18). The van der Waals surface area contributed by atoms with Crippen LogP contribution in [0.4, 0.5) is 5.69 Å². The number of carboxylic acid groups (broad SMARTS) is 1. The van der Waals surface area contributed by atoms with E-state index in [1.165, 1.54) is 39.1 Å². The van der Waals surface area contributed by atoms with Crippen molar-refractivity contribution >= 4 is 29.2 Å². The van der Waals surface area contributed by atoms with Gasteiger partial charge in [-0.1, -0.05) is 17.7 Å². The molecule has 1 aromatic carbocycles. The van der Waals surface area contributed by atoms with Crippen molar-refractivity contribution in [2.45, 2.75) is 19.4 Å². The van der Waals surface area contributed by atoms with Gasteiger partial charge in [-0.3, -0.25) is 14.9 Å². The SMILES string of the molecule is CN(C(=O)c1cccc([N+](=O)[O-])c1Cl)C(C)(C)C(=O)O. The summed E-state index contributed by atoms with van der Waals surface area (Å²) in [5.74, 6) is -1.90. The number of aliphatic carboxylic acids is 1. The number of halogens is 1. The van der Waals surface area contributed by atoms with Crippen LogP contribution in [0.15, 0.2) is 18.2 Å². The monoisotopic (exact) mass is 300 g/mol. The molecule has 0 aromatic heterocycles. The van der Waals surface area contributed by atoms with E-state index in [2.05, 4.69) is 0 Å². The Bertz CT molecular complexity index is 585. The smallest absolute Gasteiger partial charge is 0.329 e. The molecule has 108 valence electrons. The normalized spacial score (nSPS) is 11.0. The summed E-state index contributed by atoms with van der Waals surface area (Å²) in [5.41, 5.74) is -1.98. The number of carbonyl (C=O) groups is 2. The third kappa shape index (κ3) is 2.72. The summed E-state index contributed by atoms with van der Waals surface area (Å²) in [6.07, 6.45) is 0. The van der Waals surface area contributed by atoms with Gasteiger partial charge in [0.2, 0.25) is 0 Å². The lowest BCUT2D eigenvalue weighted by molar-refractivity contribution is -0.384. The Hall–Kier alpha value is -2.15. The summed E-state index contributed by atoms with van der Waals surface area (Å²) in [7, 11) is 1.30. The maximum absolute atomic E-state index is 12.2. The van der Waals surface area contributed by atoms with Crippen molar-refractivity contribution in [2.24, 2.45) is 0 Å². The van der Waals surface area contributed by atoms with E-state index in [-0.39, 0.29) is 10.6 Å². The highest BCUT2D eigenvalue weighted by Gasteiger charge is 2.36. The van der Waals surface area contributed by atoms with Crippen LogP contribution in [0.1, 0.15) is 24.2 Å². The first-order valence-electron chi connectivity index (χ1n) is 5.55. The molecule has 0 aliphatic rings. The Kier molecular flexibility index (Phi) is 4.34. The van der Waals surface area contributed by atoms with Crippen LogP contribution in [0.3, 0.4) is 0 Å². The Morgan fingerprint density at radius 2 is 1.95 bits per heavy atom. The maximum atomic E-state index is 12.2. The molecule has 0 aliphatic carbocycles. The van der Waals surface area contributed by atoms with Crippen molar-refractivity contribution in [2.75, 3.05) is 7.05 Å². The van der Waals surface area contributed by atoms with Gasteiger partial charge in [-0.05, 0) is 19.9 Å². The zero-order valence-corrected chi connectivity index (χ0v) is 11.8. The summed E-state index contributed by atoms with van der Waals surface area (Å²) in [6, 6.07) is 3.80. The fourth-order valence-corrected chi connectivity index (χ4v) is 1.68. The van der Waals surface area contributed by atoms with Gasteiger partial charge in [0.15, 0.2) is 0 Å². The molecule has 0 saturated heterocycles. The lowest BCUT2D eigenvalue weighted by Gasteiger charge is -2.31. The second-order valence-electron chi connectivity index (χ2n) is 4.62. The predicted molar refractivity (Wildman–Crippen MR) is 71.9 cm³/mol. The zero-order valence-electron chi connectivity index (χ0n) is 11.1. The number of amides is 1. The van der Waals surface area contributed by atoms with Gasteiger partial charge in [0, 0.05) is 13.1 Å². The van der Waals surface area contributed by atoms with Gasteiger partial charge in [-0.2, -0.15) is 0 Å². The molecule has 0 aliphatic heterocycles. The minimum absolute atomic E-state index is 0.113. The van der Waals surface area contributed by atoms with E-state index < -0.39 is 28.0 Å². The van der Waals surface area contributed by atoms with Crippen LogP contribution in [-0.2, 0) is 4.79 Å². The Morgan fingerprint density at radius 3 is 2.40 bits per heavy atom. The number of rotatable bonds is 4. The summed E-state index contributed by atoms with van der Waals surface area (Å²) in [5, 5.41) is 19.5. The minimum Gasteiger partial charge on any atom is -0.480 e. The molecular formula is C12H13ClN2O5. The summed E-state index contributed by atoms with van der Waals surface area (Å²) in [4.78, 5) is 34.4. The number of benzene rings is 1. The maximum Gasteiger partial charge on any atom is 0.329 e. The quantitative estimate of drug-likeness (QED) is 0.678. The van der Waals surface area contributed by atoms with E-state index in [9.17, 15) is 19.7 Å². The highest BCUT2D eigenvalue weighted by atomic mass is 35.5. The van der Waals surface area contributed by atoms with E-state index in [0.717, 1.165) is 4.90 Å². The number of nitro groups is 1. The zero-order chi connectivity index (χ0) is 15.7. The molecule has 0 spiro atoms. The average Bonchev–Trinajstić information content (AvgIpc) is 2.36. The topological polar surface area (TPSA) is 101 Å². The van der Waals surface area contributed by atoms with Crippen LogP contribution in [0.2, 0.25) is 5.02 Å². The Labute approximate surface area is 119 Å². The highest BCUT2D eigenvalue weighted by molar-refractivity contribution is 6.35. The molecule has 0 saturated carbocycles. The van der Waals surface area contributed by atoms with Gasteiger partial charge in [-0.25, -0.2) is 4.79 Å². The van der Waals surface area contributed by atoms with Crippen LogP contribution in [0.25, 0.3) is 0 Å². The van der Waals surface area contributed by atoms with E-state index in [1.54, 1.807) is 0 Å². The summed E-state index contributed by atoms with van der Waals surface area (Å²) >= 11 is 5.84. The summed E-state index contributed by atoms with van der Waals surface area (Å²) < 4.78 is 0. The molecule has 0 bridgehead atoms. The van der Waals surface area contributed by atoms with Gasteiger partial charge < -0.3 is 10.0 Å². The molecule has 0 unspecified atom stereocenters. The molecule has 1 amide bonds. The van der Waals surface area contributed by atoms with Crippen LogP contribution in [-0.4, -0.2) is 39.4 Å². The Balaban J connectivity index is 3.26. The second kappa shape index (κ2) is 5.46. The highest BCUT2D eigenvalue weighted by Crippen LogP contribution is 2.29. The summed E-state index contributed by atoms with van der Waals surface area (Å²) in [6.45, 7) is 2.69. The van der Waals surface area contributed by atoms with Crippen molar-refractivity contribution < 1.29 is 19.6 Å². The first-order chi connectivity index (χ1) is 9.10. The van der Waals surface area contributed by atoms with Crippen molar-refractivity contribution in [3.05, 3.63) is 38.9 Å². The molecule has 0 radical (unpaired) electrons. The first kappa shape index (κ1) is 15.9. The number of nitrogens with zero attached hydrogens (tertiary/aromatic N) is 2. The van der Waals surface area contributed by atoms with E-state index in [4.69, 9.17) is 16.7 Å². The van der Waals surface area contributed by atoms with Gasteiger partial charge in [-0.15, -0.1) is 0 Å². The molecule has 20 heavy (non-hydrogen) atoms. The van der Waals surface area contributed by atoms with E-state index in [1.807, 2.05) is 0 Å². The molecule has 1 aromatic rings. The number of hydrogen-bond acceptors (Lipinski definition) is 4. The van der Waals surface area contributed by atoms with Crippen molar-refractivity contribution in [3.63, 3.8) is 0 Å². The van der Waals surface area contributed by atoms with Gasteiger partial charge in [0.05, 0.1) is 10.5 Å². The van der Waals surface area contributed by atoms with Crippen molar-refractivity contribution in [1.29, 1.82) is 0 Å².